The zero-order valence-corrected chi connectivity index (χ0v) is 9.87. The maximum Gasteiger partial charge on any atom is 0.225 e. The second-order valence-corrected chi connectivity index (χ2v) is 5.04. The monoisotopic (exact) mass is 209 g/mol. The van der Waals surface area contributed by atoms with Gasteiger partial charge in [0.25, 0.3) is 0 Å². The van der Waals surface area contributed by atoms with E-state index in [0.29, 0.717) is 17.9 Å². The summed E-state index contributed by atoms with van der Waals surface area (Å²) >= 11 is 0. The lowest BCUT2D eigenvalue weighted by molar-refractivity contribution is -0.141. The predicted molar refractivity (Wildman–Crippen MR) is 61.6 cm³/mol. The molecular weight excluding hydrogens is 186 g/mol. The number of amides is 1. The smallest absolute Gasteiger partial charge is 0.225 e. The van der Waals surface area contributed by atoms with Crippen molar-refractivity contribution in [1.29, 1.82) is 0 Å². The van der Waals surface area contributed by atoms with Crippen molar-refractivity contribution in [2.75, 3.05) is 6.54 Å². The first-order valence-electron chi connectivity index (χ1n) is 6.63. The Bertz CT molecular complexity index is 217. The molecule has 2 aliphatic carbocycles. The molecule has 86 valence electrons. The molecule has 2 nitrogen and oxygen atoms in total. The fourth-order valence-electron chi connectivity index (χ4n) is 2.88. The lowest BCUT2D eigenvalue weighted by atomic mass is 9.83. The Balaban J connectivity index is 1.92. The second-order valence-electron chi connectivity index (χ2n) is 5.04. The maximum atomic E-state index is 12.2. The summed E-state index contributed by atoms with van der Waals surface area (Å²) in [5, 5.41) is 0. The van der Waals surface area contributed by atoms with Crippen LogP contribution in [0.2, 0.25) is 0 Å². The molecule has 2 fully saturated rings. The molecule has 0 N–H and O–H groups in total. The third kappa shape index (κ3) is 2.35. The Hall–Kier alpha value is -0.530. The van der Waals surface area contributed by atoms with Crippen LogP contribution in [0.4, 0.5) is 0 Å². The van der Waals surface area contributed by atoms with E-state index in [2.05, 4.69) is 11.8 Å². The van der Waals surface area contributed by atoms with Crippen molar-refractivity contribution in [3.63, 3.8) is 0 Å². The lowest BCUT2D eigenvalue weighted by Gasteiger charge is -2.38. The highest BCUT2D eigenvalue weighted by atomic mass is 16.2. The first-order chi connectivity index (χ1) is 7.33. The first kappa shape index (κ1) is 11.0. The van der Waals surface area contributed by atoms with Crippen molar-refractivity contribution in [2.24, 2.45) is 5.92 Å². The van der Waals surface area contributed by atoms with E-state index in [1.54, 1.807) is 0 Å². The molecule has 0 atom stereocenters. The third-order valence-electron chi connectivity index (χ3n) is 4.09. The minimum atomic E-state index is 0.381. The summed E-state index contributed by atoms with van der Waals surface area (Å²) in [4.78, 5) is 14.4. The van der Waals surface area contributed by atoms with Gasteiger partial charge in [0.2, 0.25) is 5.91 Å². The van der Waals surface area contributed by atoms with Gasteiger partial charge in [0.05, 0.1) is 0 Å². The minimum Gasteiger partial charge on any atom is -0.340 e. The second kappa shape index (κ2) is 5.00. The van der Waals surface area contributed by atoms with Gasteiger partial charge in [0.1, 0.15) is 0 Å². The standard InChI is InChI=1S/C13H23NO/c1-2-14(12-9-4-3-5-10-12)13(15)11-7-6-8-11/h11-12H,2-10H2,1H3. The topological polar surface area (TPSA) is 20.3 Å². The first-order valence-corrected chi connectivity index (χ1v) is 6.63. The van der Waals surface area contributed by atoms with Crippen LogP contribution in [-0.2, 0) is 4.79 Å². The van der Waals surface area contributed by atoms with Gasteiger partial charge in [0.15, 0.2) is 0 Å². The molecule has 0 bridgehead atoms. The molecule has 0 unspecified atom stereocenters. The van der Waals surface area contributed by atoms with Crippen LogP contribution < -0.4 is 0 Å². The van der Waals surface area contributed by atoms with E-state index in [4.69, 9.17) is 0 Å². The van der Waals surface area contributed by atoms with Crippen LogP contribution in [-0.4, -0.2) is 23.4 Å². The van der Waals surface area contributed by atoms with Crippen molar-refractivity contribution in [1.82, 2.24) is 4.90 Å². The van der Waals surface area contributed by atoms with Gasteiger partial charge < -0.3 is 4.90 Å². The van der Waals surface area contributed by atoms with Crippen LogP contribution in [0, 0.1) is 5.92 Å². The largest absolute Gasteiger partial charge is 0.340 e. The summed E-state index contributed by atoms with van der Waals surface area (Å²) in [5.41, 5.74) is 0. The number of nitrogens with zero attached hydrogens (tertiary/aromatic N) is 1. The van der Waals surface area contributed by atoms with Gasteiger partial charge in [-0.2, -0.15) is 0 Å². The number of rotatable bonds is 3. The molecule has 2 aliphatic rings. The van der Waals surface area contributed by atoms with E-state index in [1.165, 1.54) is 38.5 Å². The van der Waals surface area contributed by atoms with Gasteiger partial charge in [0, 0.05) is 18.5 Å². The molecule has 0 aromatic carbocycles. The summed E-state index contributed by atoms with van der Waals surface area (Å²) in [6.45, 7) is 3.05. The molecule has 0 aromatic heterocycles. The van der Waals surface area contributed by atoms with Gasteiger partial charge in [-0.3, -0.25) is 4.79 Å². The Labute approximate surface area is 93.0 Å². The lowest BCUT2D eigenvalue weighted by Crippen LogP contribution is -2.45. The molecule has 2 saturated carbocycles. The number of carbonyl (C=O) groups excluding carboxylic acids is 1. The van der Waals surface area contributed by atoms with Gasteiger partial charge in [-0.1, -0.05) is 25.7 Å². The molecular formula is C13H23NO. The molecule has 0 aromatic rings. The summed E-state index contributed by atoms with van der Waals surface area (Å²) in [7, 11) is 0. The van der Waals surface area contributed by atoms with E-state index in [0.717, 1.165) is 19.4 Å². The number of carbonyl (C=O) groups is 1. The molecule has 2 heteroatoms. The molecule has 0 aliphatic heterocycles. The summed E-state index contributed by atoms with van der Waals surface area (Å²) < 4.78 is 0. The predicted octanol–water partition coefficient (Wildman–Crippen LogP) is 2.97. The van der Waals surface area contributed by atoms with E-state index in [-0.39, 0.29) is 0 Å². The molecule has 2 rings (SSSR count). The zero-order valence-electron chi connectivity index (χ0n) is 9.87. The van der Waals surface area contributed by atoms with Crippen LogP contribution in [0.3, 0.4) is 0 Å². The Morgan fingerprint density at radius 2 is 1.73 bits per heavy atom. The molecule has 0 spiro atoms. The van der Waals surface area contributed by atoms with Crippen molar-refractivity contribution >= 4 is 5.91 Å². The van der Waals surface area contributed by atoms with Gasteiger partial charge in [-0.05, 0) is 32.6 Å². The van der Waals surface area contributed by atoms with Crippen LogP contribution in [0.5, 0.6) is 0 Å². The zero-order chi connectivity index (χ0) is 10.7. The van der Waals surface area contributed by atoms with Crippen LogP contribution in [0.25, 0.3) is 0 Å². The Morgan fingerprint density at radius 1 is 1.07 bits per heavy atom. The Kier molecular flexibility index (Phi) is 3.66. The normalized spacial score (nSPS) is 23.5. The fourth-order valence-corrected chi connectivity index (χ4v) is 2.88. The van der Waals surface area contributed by atoms with E-state index >= 15 is 0 Å². The summed E-state index contributed by atoms with van der Waals surface area (Å²) in [6.07, 6.45) is 10.0. The van der Waals surface area contributed by atoms with Gasteiger partial charge in [-0.15, -0.1) is 0 Å². The number of hydrogen-bond acceptors (Lipinski definition) is 1. The quantitative estimate of drug-likeness (QED) is 0.699. The van der Waals surface area contributed by atoms with Crippen LogP contribution in [0.1, 0.15) is 58.3 Å². The maximum absolute atomic E-state index is 12.2. The fraction of sp³-hybridized carbons (Fsp3) is 0.923. The molecule has 0 saturated heterocycles. The SMILES string of the molecule is CCN(C(=O)C1CCC1)C1CCCCC1. The van der Waals surface area contributed by atoms with E-state index in [1.807, 2.05) is 0 Å². The summed E-state index contributed by atoms with van der Waals surface area (Å²) in [5.74, 6) is 0.836. The van der Waals surface area contributed by atoms with Gasteiger partial charge >= 0.3 is 0 Å². The van der Waals surface area contributed by atoms with E-state index in [9.17, 15) is 4.79 Å². The third-order valence-corrected chi connectivity index (χ3v) is 4.09. The average molecular weight is 209 g/mol. The van der Waals surface area contributed by atoms with Crippen molar-refractivity contribution < 1.29 is 4.79 Å². The Morgan fingerprint density at radius 3 is 2.20 bits per heavy atom. The highest BCUT2D eigenvalue weighted by molar-refractivity contribution is 5.79. The average Bonchev–Trinajstić information content (AvgIpc) is 2.18. The highest BCUT2D eigenvalue weighted by Crippen LogP contribution is 2.31. The van der Waals surface area contributed by atoms with Crippen molar-refractivity contribution in [3.8, 4) is 0 Å². The van der Waals surface area contributed by atoms with Gasteiger partial charge in [-0.25, -0.2) is 0 Å². The molecule has 0 radical (unpaired) electrons. The minimum absolute atomic E-state index is 0.381. The molecule has 1 amide bonds. The highest BCUT2D eigenvalue weighted by Gasteiger charge is 2.32. The molecule has 0 heterocycles. The van der Waals surface area contributed by atoms with Crippen molar-refractivity contribution in [2.45, 2.75) is 64.3 Å². The summed E-state index contributed by atoms with van der Waals surface area (Å²) in [6, 6.07) is 0.567. The van der Waals surface area contributed by atoms with Crippen molar-refractivity contribution in [3.05, 3.63) is 0 Å². The van der Waals surface area contributed by atoms with Crippen LogP contribution >= 0.6 is 0 Å². The van der Waals surface area contributed by atoms with E-state index < -0.39 is 0 Å². The number of hydrogen-bond donors (Lipinski definition) is 0. The van der Waals surface area contributed by atoms with Crippen LogP contribution in [0.15, 0.2) is 0 Å². The molecule has 15 heavy (non-hydrogen) atoms.